The van der Waals surface area contributed by atoms with Crippen molar-refractivity contribution in [3.05, 3.63) is 36.4 Å². The van der Waals surface area contributed by atoms with E-state index in [-0.39, 0.29) is 0 Å². The van der Waals surface area contributed by atoms with Gasteiger partial charge in [0.1, 0.15) is 11.6 Å². The van der Waals surface area contributed by atoms with E-state index in [0.29, 0.717) is 17.1 Å². The minimum absolute atomic E-state index is 0.487. The molecule has 0 radical (unpaired) electrons. The number of hydrogen-bond acceptors (Lipinski definition) is 6. The molecule has 2 aliphatic heterocycles. The van der Waals surface area contributed by atoms with Gasteiger partial charge < -0.3 is 25.3 Å². The van der Waals surface area contributed by atoms with E-state index in [1.165, 1.54) is 24.9 Å². The van der Waals surface area contributed by atoms with Crippen molar-refractivity contribution < 1.29 is 0 Å². The average Bonchev–Trinajstić information content (AvgIpc) is 2.80. The van der Waals surface area contributed by atoms with Crippen LogP contribution in [0, 0.1) is 0 Å². The van der Waals surface area contributed by atoms with Crippen LogP contribution in [0.15, 0.2) is 36.4 Å². The van der Waals surface area contributed by atoms with Gasteiger partial charge in [-0.3, -0.25) is 0 Å². The molecule has 30 heavy (non-hydrogen) atoms. The normalized spacial score (nSPS) is 19.5. The van der Waals surface area contributed by atoms with Gasteiger partial charge in [0.05, 0.1) is 0 Å². The summed E-state index contributed by atoms with van der Waals surface area (Å²) in [6, 6.07) is 13.2. The Labute approximate surface area is 184 Å². The molecule has 7 nitrogen and oxygen atoms in total. The number of piperidine rings is 1. The lowest BCUT2D eigenvalue weighted by Crippen LogP contribution is -2.47. The number of nitrogens with one attached hydrogen (secondary N) is 2. The van der Waals surface area contributed by atoms with E-state index in [1.54, 1.807) is 7.05 Å². The first-order valence-corrected chi connectivity index (χ1v) is 11.2. The van der Waals surface area contributed by atoms with Crippen LogP contribution < -0.4 is 25.3 Å². The van der Waals surface area contributed by atoms with Crippen LogP contribution >= 0.6 is 12.2 Å². The molecule has 1 aromatic heterocycles. The van der Waals surface area contributed by atoms with Crippen molar-refractivity contribution in [2.24, 2.45) is 0 Å². The van der Waals surface area contributed by atoms with Gasteiger partial charge in [-0.1, -0.05) is 18.2 Å². The minimum atomic E-state index is 0.487. The molecule has 0 amide bonds. The largest absolute Gasteiger partial charge is 0.368 e. The summed E-state index contributed by atoms with van der Waals surface area (Å²) in [6.07, 6.45) is 3.69. The van der Waals surface area contributed by atoms with Crippen LogP contribution in [-0.2, 0) is 0 Å². The third-order valence-corrected chi connectivity index (χ3v) is 6.28. The van der Waals surface area contributed by atoms with Gasteiger partial charge in [-0.25, -0.2) is 0 Å². The highest BCUT2D eigenvalue weighted by atomic mass is 32.1. The van der Waals surface area contributed by atoms with Crippen molar-refractivity contribution in [3.63, 3.8) is 0 Å². The van der Waals surface area contributed by atoms with Crippen LogP contribution in [0.3, 0.4) is 0 Å². The van der Waals surface area contributed by atoms with Crippen molar-refractivity contribution in [2.45, 2.75) is 32.2 Å². The molecule has 2 aromatic rings. The van der Waals surface area contributed by atoms with Gasteiger partial charge in [0.25, 0.3) is 0 Å². The van der Waals surface area contributed by atoms with E-state index in [9.17, 15) is 0 Å². The van der Waals surface area contributed by atoms with Crippen molar-refractivity contribution in [1.82, 2.24) is 15.3 Å². The van der Waals surface area contributed by atoms with Gasteiger partial charge in [-0.05, 0) is 50.5 Å². The van der Waals surface area contributed by atoms with Crippen molar-refractivity contribution in [1.29, 1.82) is 0 Å². The molecule has 0 bridgehead atoms. The van der Waals surface area contributed by atoms with Crippen LogP contribution in [0.2, 0.25) is 0 Å². The Morgan fingerprint density at radius 3 is 2.37 bits per heavy atom. The summed E-state index contributed by atoms with van der Waals surface area (Å²) < 4.78 is 0. The highest BCUT2D eigenvalue weighted by Crippen LogP contribution is 2.28. The molecule has 0 spiro atoms. The van der Waals surface area contributed by atoms with E-state index in [4.69, 9.17) is 22.2 Å². The first-order valence-electron chi connectivity index (χ1n) is 10.8. The Kier molecular flexibility index (Phi) is 6.52. The molecular formula is C22H31N7S. The van der Waals surface area contributed by atoms with Gasteiger partial charge in [0, 0.05) is 57.6 Å². The SMILES string of the molecule is CNC(=S)Nc1nc(N2CCN(c3ccccc3)CC2)cc(N2CCCC[C@@H]2C)n1. The van der Waals surface area contributed by atoms with E-state index < -0.39 is 0 Å². The monoisotopic (exact) mass is 425 g/mol. The van der Waals surface area contributed by atoms with E-state index >= 15 is 0 Å². The number of aromatic nitrogens is 2. The summed E-state index contributed by atoms with van der Waals surface area (Å²) in [6.45, 7) is 7.12. The van der Waals surface area contributed by atoms with Crippen molar-refractivity contribution in [3.8, 4) is 0 Å². The number of anilines is 4. The summed E-state index contributed by atoms with van der Waals surface area (Å²) in [4.78, 5) is 16.8. The smallest absolute Gasteiger partial charge is 0.232 e. The molecule has 160 valence electrons. The number of para-hydroxylation sites is 1. The standard InChI is InChI=1S/C22H31N7S/c1-17-8-6-7-11-29(17)20-16-19(24-21(25-20)26-22(30)23-2)28-14-12-27(13-15-28)18-9-4-3-5-10-18/h3-5,9-10,16-17H,6-8,11-15H2,1-2H3,(H2,23,24,25,26,30)/t17-/m0/s1. The lowest BCUT2D eigenvalue weighted by Gasteiger charge is -2.38. The average molecular weight is 426 g/mol. The summed E-state index contributed by atoms with van der Waals surface area (Å²) in [5, 5.41) is 6.61. The Morgan fingerprint density at radius 1 is 0.967 bits per heavy atom. The molecule has 2 N–H and O–H groups in total. The van der Waals surface area contributed by atoms with Gasteiger partial charge in [0.2, 0.25) is 5.95 Å². The number of benzene rings is 1. The van der Waals surface area contributed by atoms with Crippen LogP contribution in [0.4, 0.5) is 23.3 Å². The van der Waals surface area contributed by atoms with Crippen LogP contribution in [0.5, 0.6) is 0 Å². The zero-order chi connectivity index (χ0) is 20.9. The molecule has 0 aliphatic carbocycles. The number of rotatable bonds is 4. The molecule has 8 heteroatoms. The van der Waals surface area contributed by atoms with E-state index in [0.717, 1.165) is 44.4 Å². The third kappa shape index (κ3) is 4.75. The summed E-state index contributed by atoms with van der Waals surface area (Å²) >= 11 is 5.29. The molecule has 2 aliphatic rings. The van der Waals surface area contributed by atoms with Crippen molar-refractivity contribution in [2.75, 3.05) is 59.8 Å². The number of hydrogen-bond donors (Lipinski definition) is 2. The van der Waals surface area contributed by atoms with Crippen molar-refractivity contribution >= 4 is 40.6 Å². The van der Waals surface area contributed by atoms with E-state index in [2.05, 4.69) is 68.7 Å². The second kappa shape index (κ2) is 9.47. The maximum atomic E-state index is 5.29. The molecule has 2 saturated heterocycles. The quantitative estimate of drug-likeness (QED) is 0.725. The Balaban J connectivity index is 1.55. The number of nitrogens with zero attached hydrogens (tertiary/aromatic N) is 5. The highest BCUT2D eigenvalue weighted by Gasteiger charge is 2.24. The Morgan fingerprint density at radius 2 is 1.67 bits per heavy atom. The zero-order valence-electron chi connectivity index (χ0n) is 17.8. The lowest BCUT2D eigenvalue weighted by atomic mass is 10.0. The first-order chi connectivity index (χ1) is 14.6. The van der Waals surface area contributed by atoms with Crippen LogP contribution in [-0.4, -0.2) is 60.9 Å². The molecule has 4 rings (SSSR count). The minimum Gasteiger partial charge on any atom is -0.368 e. The zero-order valence-corrected chi connectivity index (χ0v) is 18.7. The Hall–Kier alpha value is -2.61. The predicted octanol–water partition coefficient (Wildman–Crippen LogP) is 3.10. The predicted molar refractivity (Wildman–Crippen MR) is 129 cm³/mol. The van der Waals surface area contributed by atoms with Crippen LogP contribution in [0.1, 0.15) is 26.2 Å². The maximum absolute atomic E-state index is 5.29. The molecule has 1 aromatic carbocycles. The molecule has 2 fully saturated rings. The Bertz CT molecular complexity index is 852. The fourth-order valence-corrected chi connectivity index (χ4v) is 4.31. The van der Waals surface area contributed by atoms with Gasteiger partial charge in [-0.2, -0.15) is 9.97 Å². The third-order valence-electron chi connectivity index (χ3n) is 5.97. The number of thiocarbonyl (C=S) groups is 1. The topological polar surface area (TPSA) is 59.6 Å². The summed E-state index contributed by atoms with van der Waals surface area (Å²) in [7, 11) is 1.80. The van der Waals surface area contributed by atoms with Gasteiger partial charge in [0.15, 0.2) is 5.11 Å². The maximum Gasteiger partial charge on any atom is 0.232 e. The second-order valence-corrected chi connectivity index (χ2v) is 8.37. The van der Waals surface area contributed by atoms with E-state index in [1.807, 2.05) is 0 Å². The first kappa shape index (κ1) is 20.7. The summed E-state index contributed by atoms with van der Waals surface area (Å²) in [5.74, 6) is 2.51. The van der Waals surface area contributed by atoms with Gasteiger partial charge >= 0.3 is 0 Å². The molecule has 3 heterocycles. The fourth-order valence-electron chi connectivity index (χ4n) is 4.22. The lowest BCUT2D eigenvalue weighted by molar-refractivity contribution is 0.481. The van der Waals surface area contributed by atoms with Gasteiger partial charge in [-0.15, -0.1) is 0 Å². The van der Waals surface area contributed by atoms with Crippen LogP contribution in [0.25, 0.3) is 0 Å². The highest BCUT2D eigenvalue weighted by molar-refractivity contribution is 7.80. The summed E-state index contributed by atoms with van der Waals surface area (Å²) in [5.41, 5.74) is 1.28. The molecule has 0 unspecified atom stereocenters. The molecule has 1 atom stereocenters. The molecular weight excluding hydrogens is 394 g/mol. The fraction of sp³-hybridized carbons (Fsp3) is 0.500. The second-order valence-electron chi connectivity index (χ2n) is 7.96. The number of piperazine rings is 1. The molecule has 0 saturated carbocycles.